The van der Waals surface area contributed by atoms with Gasteiger partial charge in [-0.15, -0.1) is 0 Å². The predicted octanol–water partition coefficient (Wildman–Crippen LogP) is 7.45. The van der Waals surface area contributed by atoms with Crippen molar-refractivity contribution in [2.24, 2.45) is 4.99 Å². The number of nitrogens with zero attached hydrogens (tertiary/aromatic N) is 4. The van der Waals surface area contributed by atoms with Gasteiger partial charge >= 0.3 is 6.18 Å². The maximum absolute atomic E-state index is 13.4. The Morgan fingerprint density at radius 2 is 1.71 bits per heavy atom. The van der Waals surface area contributed by atoms with Gasteiger partial charge in [-0.1, -0.05) is 12.1 Å². The third-order valence-corrected chi connectivity index (χ3v) is 7.60. The van der Waals surface area contributed by atoms with Gasteiger partial charge in [0.15, 0.2) is 0 Å². The molecule has 1 saturated carbocycles. The first kappa shape index (κ1) is 27.0. The van der Waals surface area contributed by atoms with Crippen LogP contribution in [0.5, 0.6) is 0 Å². The van der Waals surface area contributed by atoms with Gasteiger partial charge in [0.2, 0.25) is 0 Å². The molecule has 210 valence electrons. The molecule has 0 atom stereocenters. The molecule has 41 heavy (non-hydrogen) atoms. The Labute approximate surface area is 235 Å². The van der Waals surface area contributed by atoms with Crippen molar-refractivity contribution in [2.75, 3.05) is 12.4 Å². The van der Waals surface area contributed by atoms with Gasteiger partial charge in [-0.2, -0.15) is 13.2 Å². The zero-order valence-electron chi connectivity index (χ0n) is 22.8. The molecule has 1 N–H and O–H groups in total. The van der Waals surface area contributed by atoms with Gasteiger partial charge in [-0.25, -0.2) is 4.98 Å². The highest BCUT2D eigenvalue weighted by Gasteiger charge is 2.30. The zero-order chi connectivity index (χ0) is 28.6. The maximum atomic E-state index is 13.4. The summed E-state index contributed by atoms with van der Waals surface area (Å²) in [7, 11) is 1.75. The first-order valence-electron chi connectivity index (χ1n) is 13.7. The van der Waals surface area contributed by atoms with Gasteiger partial charge < -0.3 is 14.6 Å². The molecule has 2 aliphatic carbocycles. The number of benzene rings is 3. The monoisotopic (exact) mass is 557 g/mol. The quantitative estimate of drug-likeness (QED) is 0.228. The van der Waals surface area contributed by atoms with Crippen molar-refractivity contribution in [3.05, 3.63) is 95.6 Å². The number of alkyl halides is 3. The van der Waals surface area contributed by atoms with Gasteiger partial charge in [0.1, 0.15) is 0 Å². The molecule has 2 aromatic carbocycles. The van der Waals surface area contributed by atoms with Crippen LogP contribution in [0.1, 0.15) is 36.8 Å². The third kappa shape index (κ3) is 5.67. The minimum absolute atomic E-state index is 0.128. The molecule has 2 heterocycles. The largest absolute Gasteiger partial charge is 0.416 e. The van der Waals surface area contributed by atoms with Gasteiger partial charge in [0.25, 0.3) is 0 Å². The average molecular weight is 558 g/mol. The Bertz CT molecular complexity index is 1720. The molecule has 3 aromatic rings. The Morgan fingerprint density at radius 3 is 2.41 bits per heavy atom. The first-order valence-corrected chi connectivity index (χ1v) is 13.7. The average Bonchev–Trinajstić information content (AvgIpc) is 2.96. The summed E-state index contributed by atoms with van der Waals surface area (Å²) in [5.74, 6) is 0. The van der Waals surface area contributed by atoms with Crippen LogP contribution in [0.3, 0.4) is 0 Å². The fourth-order valence-electron chi connectivity index (χ4n) is 5.51. The number of aryl methyl sites for hydroxylation is 1. The van der Waals surface area contributed by atoms with Crippen LogP contribution in [0.25, 0.3) is 28.1 Å². The van der Waals surface area contributed by atoms with Crippen LogP contribution < -0.4 is 10.7 Å². The molecule has 1 aliphatic heterocycles. The van der Waals surface area contributed by atoms with Crippen molar-refractivity contribution in [3.63, 3.8) is 0 Å². The molecule has 6 rings (SSSR count). The number of hydrogen-bond donors (Lipinski definition) is 1. The van der Waals surface area contributed by atoms with E-state index in [9.17, 15) is 13.2 Å². The van der Waals surface area contributed by atoms with E-state index in [-0.39, 0.29) is 12.1 Å². The lowest BCUT2D eigenvalue weighted by Crippen LogP contribution is -2.25. The summed E-state index contributed by atoms with van der Waals surface area (Å²) in [6, 6.07) is 18.9. The number of fused-ring (bicyclic) bond motifs is 2. The first-order chi connectivity index (χ1) is 19.8. The van der Waals surface area contributed by atoms with E-state index in [1.54, 1.807) is 19.5 Å². The van der Waals surface area contributed by atoms with E-state index in [0.717, 1.165) is 76.8 Å². The summed E-state index contributed by atoms with van der Waals surface area (Å²) in [6.45, 7) is 1.98. The Balaban J connectivity index is 1.56. The molecule has 1 aromatic heterocycles. The maximum Gasteiger partial charge on any atom is 0.416 e. The Kier molecular flexibility index (Phi) is 7.21. The Morgan fingerprint density at radius 1 is 0.951 bits per heavy atom. The lowest BCUT2D eigenvalue weighted by molar-refractivity contribution is -0.137. The van der Waals surface area contributed by atoms with Crippen LogP contribution in [0, 0.1) is 6.92 Å². The molecule has 6 nitrogen and oxygen atoms in total. The highest BCUT2D eigenvalue weighted by molar-refractivity contribution is 5.84. The van der Waals surface area contributed by atoms with Gasteiger partial charge in [0.05, 0.1) is 63.1 Å². The summed E-state index contributed by atoms with van der Waals surface area (Å²) < 4.78 is 47.6. The predicted molar refractivity (Wildman–Crippen MR) is 154 cm³/mol. The van der Waals surface area contributed by atoms with E-state index in [1.165, 1.54) is 12.1 Å². The number of halogens is 3. The van der Waals surface area contributed by atoms with Crippen molar-refractivity contribution in [1.29, 1.82) is 0 Å². The van der Waals surface area contributed by atoms with Crippen LogP contribution in [0.15, 0.2) is 84.1 Å². The Hall–Kier alpha value is -4.24. The summed E-state index contributed by atoms with van der Waals surface area (Å²) in [6.07, 6.45) is 3.12. The second-order valence-corrected chi connectivity index (χ2v) is 10.5. The van der Waals surface area contributed by atoms with Crippen molar-refractivity contribution < 1.29 is 17.9 Å². The molecule has 0 amide bonds. The van der Waals surface area contributed by atoms with E-state index >= 15 is 0 Å². The third-order valence-electron chi connectivity index (χ3n) is 7.60. The lowest BCUT2D eigenvalue weighted by atomic mass is 9.93. The minimum atomic E-state index is -4.41. The number of ether oxygens (including phenoxy) is 1. The fourth-order valence-corrected chi connectivity index (χ4v) is 5.51. The summed E-state index contributed by atoms with van der Waals surface area (Å²) >= 11 is 0. The molecule has 0 bridgehead atoms. The molecule has 0 radical (unpaired) electrons. The van der Waals surface area contributed by atoms with Crippen molar-refractivity contribution >= 4 is 22.4 Å². The lowest BCUT2D eigenvalue weighted by Gasteiger charge is -2.25. The van der Waals surface area contributed by atoms with Crippen LogP contribution in [0.2, 0.25) is 0 Å². The highest BCUT2D eigenvalue weighted by Crippen LogP contribution is 2.33. The molecule has 1 fully saturated rings. The summed E-state index contributed by atoms with van der Waals surface area (Å²) in [5, 5.41) is 4.25. The number of pyridine rings is 1. The van der Waals surface area contributed by atoms with Crippen LogP contribution in [-0.2, 0) is 10.9 Å². The summed E-state index contributed by atoms with van der Waals surface area (Å²) in [5.41, 5.74) is 5.52. The SMILES string of the molecule is COC1CCC(/N=c2\cc3n(-c4ccc(C(F)(F)F)cc4)c4ccccc4nc-3cc2Nc2cncc(C)c2)CC1. The molecule has 9 heteroatoms. The van der Waals surface area contributed by atoms with Crippen LogP contribution >= 0.6 is 0 Å². The molecule has 0 saturated heterocycles. The van der Waals surface area contributed by atoms with Crippen molar-refractivity contribution in [2.45, 2.75) is 50.9 Å². The summed E-state index contributed by atoms with van der Waals surface area (Å²) in [4.78, 5) is 14.4. The van der Waals surface area contributed by atoms with E-state index < -0.39 is 11.7 Å². The molecule has 0 unspecified atom stereocenters. The highest BCUT2D eigenvalue weighted by atomic mass is 19.4. The van der Waals surface area contributed by atoms with Crippen LogP contribution in [0.4, 0.5) is 24.5 Å². The van der Waals surface area contributed by atoms with Crippen molar-refractivity contribution in [1.82, 2.24) is 14.5 Å². The van der Waals surface area contributed by atoms with E-state index in [0.29, 0.717) is 11.4 Å². The van der Waals surface area contributed by atoms with Crippen LogP contribution in [-0.4, -0.2) is 33.8 Å². The van der Waals surface area contributed by atoms with E-state index in [1.807, 2.05) is 54.0 Å². The number of aromatic nitrogens is 3. The minimum Gasteiger partial charge on any atom is -0.381 e. The number of rotatable bonds is 5. The fraction of sp³-hybridized carbons (Fsp3) is 0.281. The normalized spacial score (nSPS) is 18.2. The van der Waals surface area contributed by atoms with Gasteiger partial charge in [-0.3, -0.25) is 9.98 Å². The van der Waals surface area contributed by atoms with E-state index in [4.69, 9.17) is 14.7 Å². The molecular weight excluding hydrogens is 527 g/mol. The molecule has 3 aliphatic rings. The van der Waals surface area contributed by atoms with Crippen molar-refractivity contribution in [3.8, 4) is 17.1 Å². The van der Waals surface area contributed by atoms with E-state index in [2.05, 4.69) is 10.3 Å². The van der Waals surface area contributed by atoms with Gasteiger partial charge in [0, 0.05) is 19.0 Å². The number of anilines is 2. The zero-order valence-corrected chi connectivity index (χ0v) is 22.8. The standard InChI is InChI=1S/C32H30F3N5O/c1-20-15-23(19-36-18-20)38-27-16-29-31(17-28(27)37-22-9-13-25(41-2)14-10-22)40(30-6-4-3-5-26(30)39-29)24-11-7-21(8-12-24)32(33,34)35/h3-8,11-12,15-19,22,25,38H,9-10,13-14H2,1-2H3/b37-28+. The second-order valence-electron chi connectivity index (χ2n) is 10.5. The number of methoxy groups -OCH3 is 1. The number of nitrogens with one attached hydrogen (secondary N) is 1. The topological polar surface area (TPSA) is 64.3 Å². The number of para-hydroxylation sites is 2. The molecule has 0 spiro atoms. The second kappa shape index (κ2) is 11.0. The smallest absolute Gasteiger partial charge is 0.381 e. The van der Waals surface area contributed by atoms with Gasteiger partial charge in [-0.05, 0) is 92.8 Å². The number of hydrogen-bond acceptors (Lipinski definition) is 5. The molecular formula is C32H30F3N5O.